The van der Waals surface area contributed by atoms with E-state index in [-0.39, 0.29) is 6.42 Å². The Kier molecular flexibility index (Phi) is 8.35. The van der Waals surface area contributed by atoms with Gasteiger partial charge in [-0.05, 0) is 6.42 Å². The van der Waals surface area contributed by atoms with Crippen molar-refractivity contribution in [2.24, 2.45) is 11.8 Å². The fourth-order valence-corrected chi connectivity index (χ4v) is 1.53. The molecule has 2 atom stereocenters. The lowest BCUT2D eigenvalue weighted by atomic mass is 10.1. The lowest BCUT2D eigenvalue weighted by Crippen LogP contribution is -2.50. The largest absolute Gasteiger partial charge is 0.481 e. The van der Waals surface area contributed by atoms with Gasteiger partial charge < -0.3 is 20.2 Å². The van der Waals surface area contributed by atoms with Gasteiger partial charge in [0.1, 0.15) is 0 Å². The van der Waals surface area contributed by atoms with Gasteiger partial charge in [-0.1, -0.05) is 0 Å². The Balaban J connectivity index is 4.99. The zero-order chi connectivity index (χ0) is 15.7. The van der Waals surface area contributed by atoms with Crippen LogP contribution in [-0.4, -0.2) is 63.5 Å². The topological polar surface area (TPSA) is 186 Å². The number of nitrogens with two attached hydrogens (primary N) is 2. The van der Waals surface area contributed by atoms with Gasteiger partial charge in [-0.2, -0.15) is 5.90 Å². The number of carboxylic acid groups (broad SMARTS) is 2. The summed E-state index contributed by atoms with van der Waals surface area (Å²) in [5.74, 6) is 6.01. The molecule has 0 heterocycles. The molecule has 20 heavy (non-hydrogen) atoms. The van der Waals surface area contributed by atoms with Crippen LogP contribution in [0, 0.1) is 0 Å². The number of aliphatic hydroxyl groups excluding tert-OH is 1. The molecule has 0 aromatic rings. The Bertz CT molecular complexity index is 350. The van der Waals surface area contributed by atoms with E-state index in [0.717, 1.165) is 4.90 Å². The Morgan fingerprint density at radius 1 is 1.10 bits per heavy atom. The summed E-state index contributed by atoms with van der Waals surface area (Å²) in [6.07, 6.45) is -2.27. The summed E-state index contributed by atoms with van der Waals surface area (Å²) >= 11 is 0. The van der Waals surface area contributed by atoms with Gasteiger partial charge in [0.05, 0.1) is 19.1 Å². The first-order chi connectivity index (χ1) is 9.31. The van der Waals surface area contributed by atoms with Gasteiger partial charge in [0, 0.05) is 6.42 Å². The molecule has 0 spiro atoms. The van der Waals surface area contributed by atoms with E-state index >= 15 is 0 Å². The molecule has 7 N–H and O–H groups in total. The molecule has 0 saturated carbocycles. The molecule has 0 bridgehead atoms. The van der Waals surface area contributed by atoms with E-state index in [1.54, 1.807) is 0 Å². The number of hydrogen-bond acceptors (Lipinski definition) is 9. The first-order valence-corrected chi connectivity index (χ1v) is 5.42. The SMILES string of the molecule is NOC(=O)CN(CC(=O)O)C(CCC(=O)O)C(O)ON. The minimum absolute atomic E-state index is 0.196. The van der Waals surface area contributed by atoms with E-state index < -0.39 is 49.8 Å². The summed E-state index contributed by atoms with van der Waals surface area (Å²) in [5, 5.41) is 26.9. The van der Waals surface area contributed by atoms with Crippen LogP contribution in [0.4, 0.5) is 0 Å². The first-order valence-electron chi connectivity index (χ1n) is 5.42. The van der Waals surface area contributed by atoms with Crippen LogP contribution < -0.4 is 11.8 Å². The Labute approximate surface area is 113 Å². The molecule has 0 aromatic carbocycles. The Morgan fingerprint density at radius 2 is 1.70 bits per heavy atom. The molecule has 0 radical (unpaired) electrons. The number of rotatable bonds is 10. The zero-order valence-corrected chi connectivity index (χ0v) is 10.5. The molecule has 11 nitrogen and oxygen atoms in total. The maximum Gasteiger partial charge on any atom is 0.338 e. The highest BCUT2D eigenvalue weighted by Gasteiger charge is 2.30. The molecule has 11 heteroatoms. The molecule has 0 saturated heterocycles. The van der Waals surface area contributed by atoms with Gasteiger partial charge in [0.2, 0.25) is 0 Å². The van der Waals surface area contributed by atoms with Crippen LogP contribution in [0.1, 0.15) is 12.8 Å². The normalized spacial score (nSPS) is 13.8. The van der Waals surface area contributed by atoms with Crippen LogP contribution in [0.25, 0.3) is 0 Å². The number of carbonyl (C=O) groups excluding carboxylic acids is 1. The fourth-order valence-electron chi connectivity index (χ4n) is 1.53. The standard InChI is InChI=1S/C9H17N3O8/c10-19-8(17)4-12(3-7(15)16)5(9(18)20-11)1-2-6(13)14/h5,9,18H,1-4,10-11H2,(H,13,14)(H,15,16). The van der Waals surface area contributed by atoms with Crippen molar-refractivity contribution in [2.45, 2.75) is 25.2 Å². The van der Waals surface area contributed by atoms with Crippen LogP contribution in [0.15, 0.2) is 0 Å². The van der Waals surface area contributed by atoms with E-state index in [9.17, 15) is 19.5 Å². The minimum atomic E-state index is -1.68. The second kappa shape index (κ2) is 9.17. The van der Waals surface area contributed by atoms with Crippen molar-refractivity contribution in [3.63, 3.8) is 0 Å². The van der Waals surface area contributed by atoms with Gasteiger partial charge in [-0.3, -0.25) is 19.3 Å². The van der Waals surface area contributed by atoms with Gasteiger partial charge in [-0.15, -0.1) is 0 Å². The molecular formula is C9H17N3O8. The third kappa shape index (κ3) is 6.96. The minimum Gasteiger partial charge on any atom is -0.481 e. The molecular weight excluding hydrogens is 278 g/mol. The van der Waals surface area contributed by atoms with Gasteiger partial charge in [0.15, 0.2) is 6.29 Å². The highest BCUT2D eigenvalue weighted by Crippen LogP contribution is 2.12. The summed E-state index contributed by atoms with van der Waals surface area (Å²) in [6.45, 7) is -1.24. The number of aliphatic hydroxyl groups is 1. The van der Waals surface area contributed by atoms with E-state index in [2.05, 4.69) is 15.6 Å². The monoisotopic (exact) mass is 295 g/mol. The maximum atomic E-state index is 11.1. The van der Waals surface area contributed by atoms with Crippen molar-refractivity contribution in [1.82, 2.24) is 4.90 Å². The number of carbonyl (C=O) groups is 3. The molecule has 0 aliphatic rings. The first kappa shape index (κ1) is 18.2. The predicted molar refractivity (Wildman–Crippen MR) is 61.4 cm³/mol. The van der Waals surface area contributed by atoms with Crippen LogP contribution >= 0.6 is 0 Å². The third-order valence-corrected chi connectivity index (χ3v) is 2.39. The summed E-state index contributed by atoms with van der Waals surface area (Å²) < 4.78 is 0. The number of nitrogens with zero attached hydrogens (tertiary/aromatic N) is 1. The van der Waals surface area contributed by atoms with Gasteiger partial charge in [0.25, 0.3) is 0 Å². The van der Waals surface area contributed by atoms with E-state index in [1.165, 1.54) is 0 Å². The van der Waals surface area contributed by atoms with Crippen LogP contribution in [0.3, 0.4) is 0 Å². The highest BCUT2D eigenvalue weighted by atomic mass is 16.7. The van der Waals surface area contributed by atoms with Crippen LogP contribution in [-0.2, 0) is 24.1 Å². The molecule has 0 amide bonds. The molecule has 0 aliphatic heterocycles. The van der Waals surface area contributed by atoms with Crippen molar-refractivity contribution >= 4 is 17.9 Å². The van der Waals surface area contributed by atoms with Crippen molar-refractivity contribution < 1.29 is 39.4 Å². The summed E-state index contributed by atoms with van der Waals surface area (Å²) in [7, 11) is 0. The summed E-state index contributed by atoms with van der Waals surface area (Å²) in [6, 6.07) is -1.13. The van der Waals surface area contributed by atoms with Crippen LogP contribution in [0.5, 0.6) is 0 Å². The second-order valence-electron chi connectivity index (χ2n) is 3.81. The average molecular weight is 295 g/mol. The van der Waals surface area contributed by atoms with Gasteiger partial charge >= 0.3 is 17.9 Å². The summed E-state index contributed by atoms with van der Waals surface area (Å²) in [5.41, 5.74) is 0. The Hall–Kier alpha value is -1.79. The number of aliphatic carboxylic acids is 2. The highest BCUT2D eigenvalue weighted by molar-refractivity contribution is 5.74. The van der Waals surface area contributed by atoms with Crippen LogP contribution in [0.2, 0.25) is 0 Å². The molecule has 0 aliphatic carbocycles. The molecule has 0 rings (SSSR count). The second-order valence-corrected chi connectivity index (χ2v) is 3.81. The third-order valence-electron chi connectivity index (χ3n) is 2.39. The van der Waals surface area contributed by atoms with Crippen molar-refractivity contribution in [3.05, 3.63) is 0 Å². The fraction of sp³-hybridized carbons (Fsp3) is 0.667. The zero-order valence-electron chi connectivity index (χ0n) is 10.5. The lowest BCUT2D eigenvalue weighted by molar-refractivity contribution is -0.165. The number of carboxylic acids is 2. The molecule has 0 fully saturated rings. The van der Waals surface area contributed by atoms with Crippen molar-refractivity contribution in [3.8, 4) is 0 Å². The smallest absolute Gasteiger partial charge is 0.338 e. The predicted octanol–water partition coefficient (Wildman–Crippen LogP) is -2.77. The van der Waals surface area contributed by atoms with Crippen molar-refractivity contribution in [2.75, 3.05) is 13.1 Å². The van der Waals surface area contributed by atoms with E-state index in [1.807, 2.05) is 0 Å². The van der Waals surface area contributed by atoms with E-state index in [4.69, 9.17) is 16.1 Å². The Morgan fingerprint density at radius 3 is 2.10 bits per heavy atom. The van der Waals surface area contributed by atoms with E-state index in [0.29, 0.717) is 0 Å². The lowest BCUT2D eigenvalue weighted by Gasteiger charge is -2.31. The van der Waals surface area contributed by atoms with Crippen molar-refractivity contribution in [1.29, 1.82) is 0 Å². The van der Waals surface area contributed by atoms with Gasteiger partial charge in [-0.25, -0.2) is 10.7 Å². The molecule has 0 aromatic heterocycles. The quantitative estimate of drug-likeness (QED) is 0.207. The maximum absolute atomic E-state index is 11.1. The number of hydrogen-bond donors (Lipinski definition) is 5. The molecule has 2 unspecified atom stereocenters. The molecule has 116 valence electrons. The average Bonchev–Trinajstić information content (AvgIpc) is 2.37. The summed E-state index contributed by atoms with van der Waals surface area (Å²) in [4.78, 5) is 41.4.